The molecule has 4 heteroatoms. The topological polar surface area (TPSA) is 66.6 Å². The molecule has 4 nitrogen and oxygen atoms in total. The quantitative estimate of drug-likeness (QED) is 0.757. The van der Waals surface area contributed by atoms with Crippen LogP contribution in [0.3, 0.4) is 0 Å². The molecule has 3 N–H and O–H groups in total. The van der Waals surface area contributed by atoms with E-state index in [1.165, 1.54) is 0 Å². The molecule has 1 rings (SSSR count). The van der Waals surface area contributed by atoms with Gasteiger partial charge in [0.2, 0.25) is 0 Å². The molecule has 0 radical (unpaired) electrons. The molecule has 1 aliphatic heterocycles. The van der Waals surface area contributed by atoms with Crippen molar-refractivity contribution in [3.63, 3.8) is 0 Å². The lowest BCUT2D eigenvalue weighted by molar-refractivity contribution is -0.143. The fourth-order valence-corrected chi connectivity index (χ4v) is 2.36. The Morgan fingerprint density at radius 3 is 2.31 bits per heavy atom. The summed E-state index contributed by atoms with van der Waals surface area (Å²) in [5.74, 6) is 0.465. The molecule has 94 valence electrons. The second-order valence-corrected chi connectivity index (χ2v) is 5.68. The predicted molar refractivity (Wildman–Crippen MR) is 64.2 cm³/mol. The van der Waals surface area contributed by atoms with Crippen LogP contribution in [-0.2, 0) is 4.79 Å². The van der Waals surface area contributed by atoms with Crippen LogP contribution >= 0.6 is 0 Å². The summed E-state index contributed by atoms with van der Waals surface area (Å²) in [5, 5.41) is 8.99. The van der Waals surface area contributed by atoms with Gasteiger partial charge in [-0.25, -0.2) is 0 Å². The molecule has 0 saturated carbocycles. The number of carboxylic acid groups (broad SMARTS) is 1. The third-order valence-corrected chi connectivity index (χ3v) is 3.85. The van der Waals surface area contributed by atoms with Gasteiger partial charge in [-0.05, 0) is 32.1 Å². The van der Waals surface area contributed by atoms with Gasteiger partial charge in [-0.15, -0.1) is 0 Å². The van der Waals surface area contributed by atoms with Crippen LogP contribution < -0.4 is 5.73 Å². The first-order valence-corrected chi connectivity index (χ1v) is 6.00. The van der Waals surface area contributed by atoms with Gasteiger partial charge >= 0.3 is 5.97 Å². The number of nitrogens with two attached hydrogens (primary N) is 1. The Morgan fingerprint density at radius 2 is 1.94 bits per heavy atom. The van der Waals surface area contributed by atoms with Crippen molar-refractivity contribution in [2.45, 2.75) is 45.7 Å². The van der Waals surface area contributed by atoms with Gasteiger partial charge in [0.05, 0.1) is 0 Å². The van der Waals surface area contributed by atoms with Gasteiger partial charge < -0.3 is 15.7 Å². The van der Waals surface area contributed by atoms with Crippen molar-refractivity contribution in [3.05, 3.63) is 0 Å². The van der Waals surface area contributed by atoms with Crippen molar-refractivity contribution in [3.8, 4) is 0 Å². The monoisotopic (exact) mass is 228 g/mol. The Morgan fingerprint density at radius 1 is 1.50 bits per heavy atom. The summed E-state index contributed by atoms with van der Waals surface area (Å²) in [7, 11) is 0. The van der Waals surface area contributed by atoms with E-state index in [-0.39, 0.29) is 6.04 Å². The molecule has 1 aliphatic rings. The smallest absolute Gasteiger partial charge is 0.323 e. The van der Waals surface area contributed by atoms with E-state index in [2.05, 4.69) is 25.7 Å². The molecule has 0 aromatic heterocycles. The first-order valence-electron chi connectivity index (χ1n) is 6.00. The number of carbonyl (C=O) groups is 1. The zero-order valence-electron chi connectivity index (χ0n) is 10.7. The van der Waals surface area contributed by atoms with E-state index in [0.717, 1.165) is 13.1 Å². The van der Waals surface area contributed by atoms with Crippen LogP contribution in [0.2, 0.25) is 0 Å². The number of hydrogen-bond acceptors (Lipinski definition) is 3. The summed E-state index contributed by atoms with van der Waals surface area (Å²) in [4.78, 5) is 13.3. The molecular formula is C12H24N2O2. The Hall–Kier alpha value is -0.610. The molecule has 0 spiro atoms. The maximum absolute atomic E-state index is 11.0. The Labute approximate surface area is 97.8 Å². The molecule has 16 heavy (non-hydrogen) atoms. The minimum Gasteiger partial charge on any atom is -0.480 e. The van der Waals surface area contributed by atoms with Crippen LogP contribution in [0.25, 0.3) is 0 Å². The fraction of sp³-hybridized carbons (Fsp3) is 0.917. The Kier molecular flexibility index (Phi) is 3.97. The van der Waals surface area contributed by atoms with Gasteiger partial charge in [-0.2, -0.15) is 0 Å². The van der Waals surface area contributed by atoms with E-state index in [1.807, 2.05) is 0 Å². The molecule has 1 saturated heterocycles. The van der Waals surface area contributed by atoms with E-state index in [0.29, 0.717) is 18.3 Å². The Bertz CT molecular complexity index is 256. The van der Waals surface area contributed by atoms with Gasteiger partial charge in [0, 0.05) is 19.1 Å². The SMILES string of the molecule is CC1CN(C(C)CC(C)(N)C(=O)O)CC1C. The summed E-state index contributed by atoms with van der Waals surface area (Å²) >= 11 is 0. The van der Waals surface area contributed by atoms with Crippen LogP contribution in [0.4, 0.5) is 0 Å². The lowest BCUT2D eigenvalue weighted by Crippen LogP contribution is -2.50. The zero-order valence-corrected chi connectivity index (χ0v) is 10.7. The van der Waals surface area contributed by atoms with E-state index in [1.54, 1.807) is 6.92 Å². The first-order chi connectivity index (χ1) is 7.24. The van der Waals surface area contributed by atoms with Gasteiger partial charge in [-0.1, -0.05) is 13.8 Å². The average molecular weight is 228 g/mol. The second kappa shape index (κ2) is 4.72. The number of carboxylic acids is 1. The predicted octanol–water partition coefficient (Wildman–Crippen LogP) is 1.15. The number of aliphatic carboxylic acids is 1. The van der Waals surface area contributed by atoms with Gasteiger partial charge in [-0.3, -0.25) is 4.79 Å². The third-order valence-electron chi connectivity index (χ3n) is 3.85. The number of rotatable bonds is 4. The van der Waals surface area contributed by atoms with Crippen molar-refractivity contribution < 1.29 is 9.90 Å². The summed E-state index contributed by atoms with van der Waals surface area (Å²) in [6, 6.07) is 0.235. The van der Waals surface area contributed by atoms with Gasteiger partial charge in [0.15, 0.2) is 0 Å². The first kappa shape index (κ1) is 13.5. The van der Waals surface area contributed by atoms with Crippen molar-refractivity contribution in [2.75, 3.05) is 13.1 Å². The molecule has 0 aromatic carbocycles. The largest absolute Gasteiger partial charge is 0.480 e. The van der Waals surface area contributed by atoms with Crippen LogP contribution in [0, 0.1) is 11.8 Å². The maximum Gasteiger partial charge on any atom is 0.323 e. The lowest BCUT2D eigenvalue weighted by atomic mass is 9.94. The van der Waals surface area contributed by atoms with Gasteiger partial charge in [0.25, 0.3) is 0 Å². The Balaban J connectivity index is 2.54. The van der Waals surface area contributed by atoms with Crippen LogP contribution in [0.5, 0.6) is 0 Å². The molecule has 1 heterocycles. The lowest BCUT2D eigenvalue weighted by Gasteiger charge is -2.30. The summed E-state index contributed by atoms with van der Waals surface area (Å²) in [5.41, 5.74) is 4.65. The number of likely N-dealkylation sites (tertiary alicyclic amines) is 1. The minimum absolute atomic E-state index is 0.235. The highest BCUT2D eigenvalue weighted by molar-refractivity contribution is 5.77. The summed E-state index contributed by atoms with van der Waals surface area (Å²) in [6.07, 6.45) is 0.502. The molecular weight excluding hydrogens is 204 g/mol. The fourth-order valence-electron chi connectivity index (χ4n) is 2.36. The van der Waals surface area contributed by atoms with E-state index >= 15 is 0 Å². The van der Waals surface area contributed by atoms with Crippen molar-refractivity contribution in [1.29, 1.82) is 0 Å². The number of nitrogens with zero attached hydrogens (tertiary/aromatic N) is 1. The molecule has 0 amide bonds. The second-order valence-electron chi connectivity index (χ2n) is 5.68. The number of hydrogen-bond donors (Lipinski definition) is 2. The molecule has 4 atom stereocenters. The van der Waals surface area contributed by atoms with Crippen LogP contribution in [-0.4, -0.2) is 40.6 Å². The normalized spacial score (nSPS) is 32.3. The summed E-state index contributed by atoms with van der Waals surface area (Å²) in [6.45, 7) is 10.3. The average Bonchev–Trinajstić information content (AvgIpc) is 2.46. The van der Waals surface area contributed by atoms with Crippen molar-refractivity contribution in [1.82, 2.24) is 4.90 Å². The van der Waals surface area contributed by atoms with Crippen molar-refractivity contribution >= 4 is 5.97 Å². The van der Waals surface area contributed by atoms with Gasteiger partial charge in [0.1, 0.15) is 5.54 Å². The zero-order chi connectivity index (χ0) is 12.5. The van der Waals surface area contributed by atoms with Crippen molar-refractivity contribution in [2.24, 2.45) is 17.6 Å². The van der Waals surface area contributed by atoms with Crippen LogP contribution in [0.1, 0.15) is 34.1 Å². The third kappa shape index (κ3) is 2.95. The molecule has 0 aliphatic carbocycles. The van der Waals surface area contributed by atoms with E-state index in [9.17, 15) is 4.79 Å². The molecule has 0 aromatic rings. The van der Waals surface area contributed by atoms with Crippen LogP contribution in [0.15, 0.2) is 0 Å². The highest BCUT2D eigenvalue weighted by Gasteiger charge is 2.35. The molecule has 1 fully saturated rings. The highest BCUT2D eigenvalue weighted by Crippen LogP contribution is 2.26. The highest BCUT2D eigenvalue weighted by atomic mass is 16.4. The summed E-state index contributed by atoms with van der Waals surface area (Å²) < 4.78 is 0. The minimum atomic E-state index is -1.12. The van der Waals surface area contributed by atoms with E-state index in [4.69, 9.17) is 10.8 Å². The molecule has 4 unspecified atom stereocenters. The standard InChI is InChI=1S/C12H24N2O2/c1-8-6-14(7-9(8)2)10(3)5-12(4,13)11(15)16/h8-10H,5-7,13H2,1-4H3,(H,15,16). The molecule has 0 bridgehead atoms. The maximum atomic E-state index is 11.0. The van der Waals surface area contributed by atoms with E-state index < -0.39 is 11.5 Å².